The summed E-state index contributed by atoms with van der Waals surface area (Å²) in [5.41, 5.74) is 1.72. The monoisotopic (exact) mass is 385 g/mol. The van der Waals surface area contributed by atoms with E-state index >= 15 is 0 Å². The van der Waals surface area contributed by atoms with Crippen molar-refractivity contribution in [1.29, 1.82) is 5.26 Å². The van der Waals surface area contributed by atoms with Crippen LogP contribution in [0.4, 0.5) is 0 Å². The molecule has 0 bridgehead atoms. The van der Waals surface area contributed by atoms with Crippen molar-refractivity contribution in [2.24, 2.45) is 0 Å². The second kappa shape index (κ2) is 18.3. The normalized spacial score (nSPS) is 10.1. The number of allylic oxidation sites excluding steroid dienone is 1. The van der Waals surface area contributed by atoms with Gasteiger partial charge in [-0.15, -0.1) is 0 Å². The van der Waals surface area contributed by atoms with Gasteiger partial charge in [0.25, 0.3) is 0 Å². The van der Waals surface area contributed by atoms with E-state index in [1.807, 2.05) is 12.1 Å². The van der Waals surface area contributed by atoms with Gasteiger partial charge in [0.05, 0.1) is 11.6 Å². The summed E-state index contributed by atoms with van der Waals surface area (Å²) in [6.07, 6.45) is 16.9. The summed E-state index contributed by atoms with van der Waals surface area (Å²) < 4.78 is 0. The molecule has 0 unspecified atom stereocenters. The quantitative estimate of drug-likeness (QED) is 0.261. The van der Waals surface area contributed by atoms with Crippen molar-refractivity contribution in [2.45, 2.75) is 96.8 Å². The van der Waals surface area contributed by atoms with Crippen LogP contribution in [0.5, 0.6) is 0 Å². The fraction of sp³-hybridized carbons (Fsp3) is 0.600. The van der Waals surface area contributed by atoms with Crippen LogP contribution < -0.4 is 0 Å². The first-order chi connectivity index (χ1) is 13.6. The molecule has 28 heavy (non-hydrogen) atoms. The van der Waals surface area contributed by atoms with E-state index in [-0.39, 0.29) is 0 Å². The molecule has 0 saturated carbocycles. The van der Waals surface area contributed by atoms with Crippen LogP contribution in [0.1, 0.15) is 113 Å². The summed E-state index contributed by atoms with van der Waals surface area (Å²) in [7, 11) is 0. The molecule has 3 nitrogen and oxygen atoms in total. The highest BCUT2D eigenvalue weighted by molar-refractivity contribution is 5.87. The molecule has 0 aliphatic heterocycles. The van der Waals surface area contributed by atoms with Gasteiger partial charge in [-0.25, -0.2) is 4.79 Å². The number of carboxylic acid groups (broad SMARTS) is 1. The highest BCUT2D eigenvalue weighted by Crippen LogP contribution is 2.29. The van der Waals surface area contributed by atoms with Crippen LogP contribution >= 0.6 is 0 Å². The van der Waals surface area contributed by atoms with Crippen LogP contribution in [0.15, 0.2) is 36.9 Å². The van der Waals surface area contributed by atoms with Crippen LogP contribution in [0.25, 0.3) is 0 Å². The molecule has 0 amide bonds. The molecule has 0 aliphatic rings. The average Bonchev–Trinajstić information content (AvgIpc) is 2.72. The van der Waals surface area contributed by atoms with Crippen LogP contribution in [0, 0.1) is 11.3 Å². The van der Waals surface area contributed by atoms with Gasteiger partial charge in [0, 0.05) is 6.08 Å². The van der Waals surface area contributed by atoms with Crippen molar-refractivity contribution in [1.82, 2.24) is 0 Å². The Labute approximate surface area is 172 Å². The van der Waals surface area contributed by atoms with Crippen LogP contribution in [-0.2, 0) is 0 Å². The van der Waals surface area contributed by atoms with Crippen LogP contribution in [-0.4, -0.2) is 11.1 Å². The highest BCUT2D eigenvalue weighted by atomic mass is 16.4. The Morgan fingerprint density at radius 3 is 1.75 bits per heavy atom. The van der Waals surface area contributed by atoms with E-state index in [9.17, 15) is 4.79 Å². The zero-order valence-corrected chi connectivity index (χ0v) is 18.0. The van der Waals surface area contributed by atoms with Crippen molar-refractivity contribution < 1.29 is 9.90 Å². The number of hydrogen-bond acceptors (Lipinski definition) is 2. The lowest BCUT2D eigenvalue weighted by atomic mass is 9.87. The van der Waals surface area contributed by atoms with Gasteiger partial charge in [-0.2, -0.15) is 5.26 Å². The number of rotatable bonds is 14. The summed E-state index contributed by atoms with van der Waals surface area (Å²) in [6.45, 7) is 7.62. The maximum Gasteiger partial charge on any atom is 0.335 e. The topological polar surface area (TPSA) is 61.1 Å². The molecule has 1 aromatic carbocycles. The first-order valence-electron chi connectivity index (χ1n) is 10.9. The SMILES string of the molecule is C=CC#N.CCCCCCCC(CCCCCCC)c1ccc(C(=O)O)cc1. The van der Waals surface area contributed by atoms with Gasteiger partial charge in [-0.3, -0.25) is 0 Å². The number of unbranched alkanes of at least 4 members (excludes halogenated alkanes) is 8. The number of nitriles is 1. The van der Waals surface area contributed by atoms with Gasteiger partial charge >= 0.3 is 5.97 Å². The zero-order chi connectivity index (χ0) is 21.0. The van der Waals surface area contributed by atoms with Crippen molar-refractivity contribution in [2.75, 3.05) is 0 Å². The highest BCUT2D eigenvalue weighted by Gasteiger charge is 2.12. The van der Waals surface area contributed by atoms with Gasteiger partial charge in [0.2, 0.25) is 0 Å². The van der Waals surface area contributed by atoms with Gasteiger partial charge in [-0.05, 0) is 36.5 Å². The molecule has 1 N–H and O–H groups in total. The number of benzene rings is 1. The first kappa shape index (κ1) is 25.9. The number of carbonyl (C=O) groups is 1. The van der Waals surface area contributed by atoms with Crippen LogP contribution in [0.2, 0.25) is 0 Å². The minimum absolute atomic E-state index is 0.392. The molecule has 1 rings (SSSR count). The van der Waals surface area contributed by atoms with Gasteiger partial charge in [0.15, 0.2) is 0 Å². The lowest BCUT2D eigenvalue weighted by molar-refractivity contribution is 0.0697. The minimum Gasteiger partial charge on any atom is -0.478 e. The van der Waals surface area contributed by atoms with Crippen molar-refractivity contribution >= 4 is 5.97 Å². The molecule has 1 aromatic rings. The molecule has 0 heterocycles. The molecule has 0 atom stereocenters. The lowest BCUT2D eigenvalue weighted by Gasteiger charge is -2.18. The number of aromatic carboxylic acids is 1. The van der Waals surface area contributed by atoms with Gasteiger partial charge in [0.1, 0.15) is 0 Å². The predicted molar refractivity (Wildman–Crippen MR) is 119 cm³/mol. The third-order valence-electron chi connectivity index (χ3n) is 5.03. The van der Waals surface area contributed by atoms with Gasteiger partial charge in [-0.1, -0.05) is 96.8 Å². The van der Waals surface area contributed by atoms with E-state index in [0.29, 0.717) is 11.5 Å². The van der Waals surface area contributed by atoms with E-state index in [1.54, 1.807) is 18.2 Å². The predicted octanol–water partition coefficient (Wildman–Crippen LogP) is 7.89. The largest absolute Gasteiger partial charge is 0.478 e. The third kappa shape index (κ3) is 13.1. The molecule has 156 valence electrons. The summed E-state index contributed by atoms with van der Waals surface area (Å²) in [5, 5.41) is 16.6. The molecule has 0 spiro atoms. The van der Waals surface area contributed by atoms with Crippen molar-refractivity contribution in [3.8, 4) is 6.07 Å². The van der Waals surface area contributed by atoms with Crippen LogP contribution in [0.3, 0.4) is 0 Å². The first-order valence-corrected chi connectivity index (χ1v) is 10.9. The maximum atomic E-state index is 11.0. The maximum absolute atomic E-state index is 11.0. The fourth-order valence-electron chi connectivity index (χ4n) is 3.36. The number of hydrogen-bond donors (Lipinski definition) is 1. The van der Waals surface area contributed by atoms with E-state index < -0.39 is 5.97 Å². The lowest BCUT2D eigenvalue weighted by Crippen LogP contribution is -2.02. The smallest absolute Gasteiger partial charge is 0.335 e. The summed E-state index contributed by atoms with van der Waals surface area (Å²) in [6, 6.07) is 9.29. The Kier molecular flexibility index (Phi) is 16.9. The Bertz CT molecular complexity index is 543. The van der Waals surface area contributed by atoms with Gasteiger partial charge < -0.3 is 5.11 Å². The Balaban J connectivity index is 0.00000165. The Morgan fingerprint density at radius 1 is 0.964 bits per heavy atom. The molecule has 0 radical (unpaired) electrons. The minimum atomic E-state index is -0.836. The fourth-order valence-corrected chi connectivity index (χ4v) is 3.36. The Hall–Kier alpha value is -2.08. The summed E-state index contributed by atoms with van der Waals surface area (Å²) >= 11 is 0. The summed E-state index contributed by atoms with van der Waals surface area (Å²) in [5.74, 6) is -0.242. The number of nitrogens with zero attached hydrogens (tertiary/aromatic N) is 1. The molecule has 3 heteroatoms. The molecular formula is C25H39NO2. The van der Waals surface area contributed by atoms with E-state index in [0.717, 1.165) is 0 Å². The summed E-state index contributed by atoms with van der Waals surface area (Å²) in [4.78, 5) is 11.0. The van der Waals surface area contributed by atoms with Crippen molar-refractivity contribution in [3.63, 3.8) is 0 Å². The van der Waals surface area contributed by atoms with E-state index in [1.165, 1.54) is 88.7 Å². The molecular weight excluding hydrogens is 346 g/mol. The third-order valence-corrected chi connectivity index (χ3v) is 5.03. The second-order valence-corrected chi connectivity index (χ2v) is 7.36. The van der Waals surface area contributed by atoms with Crippen molar-refractivity contribution in [3.05, 3.63) is 48.0 Å². The molecule has 0 fully saturated rings. The number of carboxylic acids is 1. The standard InChI is InChI=1S/C22H36O2.C3H3N/c1-3-5-7-9-11-13-19(14-12-10-8-6-4-2)20-15-17-21(18-16-20)22(23)24;1-2-3-4/h15-19H,3-14H2,1-2H3,(H,23,24);2H,1H2. The molecule has 0 aromatic heterocycles. The zero-order valence-electron chi connectivity index (χ0n) is 18.0. The van der Waals surface area contributed by atoms with E-state index in [2.05, 4.69) is 20.4 Å². The molecule has 0 saturated heterocycles. The molecule has 0 aliphatic carbocycles. The van der Waals surface area contributed by atoms with E-state index in [4.69, 9.17) is 10.4 Å². The second-order valence-electron chi connectivity index (χ2n) is 7.36. The Morgan fingerprint density at radius 2 is 1.39 bits per heavy atom. The average molecular weight is 386 g/mol.